The molecule has 0 amide bonds. The Labute approximate surface area is 127 Å². The van der Waals surface area contributed by atoms with Crippen molar-refractivity contribution >= 4 is 40.7 Å². The first kappa shape index (κ1) is 16.6. The fraction of sp³-hybridized carbons (Fsp3) is 0.583. The second-order valence-electron chi connectivity index (χ2n) is 3.80. The number of aliphatic imine (C=N–C) groups is 1. The summed E-state index contributed by atoms with van der Waals surface area (Å²) in [5, 5.41) is 16.4. The van der Waals surface area contributed by atoms with E-state index in [1.165, 1.54) is 11.3 Å². The molecular weight excluding hydrogens is 302 g/mol. The second kappa shape index (κ2) is 9.47. The van der Waals surface area contributed by atoms with Gasteiger partial charge in [0.2, 0.25) is 0 Å². The van der Waals surface area contributed by atoms with Crippen molar-refractivity contribution in [3.05, 3.63) is 21.3 Å². The molecule has 0 radical (unpaired) electrons. The van der Waals surface area contributed by atoms with Crippen molar-refractivity contribution in [1.82, 2.24) is 10.6 Å². The quantitative estimate of drug-likeness (QED) is 0.410. The van der Waals surface area contributed by atoms with Crippen LogP contribution >= 0.6 is 34.7 Å². The average Bonchev–Trinajstić information content (AvgIpc) is 2.82. The summed E-state index contributed by atoms with van der Waals surface area (Å²) in [4.78, 5) is 5.21. The number of nitrogens with one attached hydrogen (secondary N) is 2. The van der Waals surface area contributed by atoms with Gasteiger partial charge in [0.1, 0.15) is 6.10 Å². The highest BCUT2D eigenvalue weighted by Crippen LogP contribution is 2.26. The van der Waals surface area contributed by atoms with Gasteiger partial charge in [-0.3, -0.25) is 4.99 Å². The predicted octanol–water partition coefficient (Wildman–Crippen LogP) is 2.35. The lowest BCUT2D eigenvalue weighted by Crippen LogP contribution is -2.38. The fourth-order valence-electron chi connectivity index (χ4n) is 1.39. The molecule has 108 valence electrons. The van der Waals surface area contributed by atoms with Crippen LogP contribution < -0.4 is 10.6 Å². The van der Waals surface area contributed by atoms with Gasteiger partial charge in [0.15, 0.2) is 5.96 Å². The number of thiophene rings is 1. The minimum absolute atomic E-state index is 0.325. The van der Waals surface area contributed by atoms with Crippen molar-refractivity contribution in [3.63, 3.8) is 0 Å². The SMILES string of the molecule is CCNC(=NCC(O)c1ccc(Cl)s1)NCCSC. The van der Waals surface area contributed by atoms with Crippen LogP contribution in [0.3, 0.4) is 0 Å². The molecule has 1 atom stereocenters. The Morgan fingerprint density at radius 1 is 1.53 bits per heavy atom. The Balaban J connectivity index is 2.49. The fourth-order valence-corrected chi connectivity index (χ4v) is 2.73. The number of thioether (sulfide) groups is 1. The van der Waals surface area contributed by atoms with E-state index in [1.54, 1.807) is 17.8 Å². The molecule has 7 heteroatoms. The summed E-state index contributed by atoms with van der Waals surface area (Å²) in [6.07, 6.45) is 1.46. The largest absolute Gasteiger partial charge is 0.386 e. The minimum Gasteiger partial charge on any atom is -0.386 e. The molecule has 1 aromatic heterocycles. The Kier molecular flexibility index (Phi) is 8.29. The molecule has 0 bridgehead atoms. The first-order valence-corrected chi connectivity index (χ1v) is 8.70. The van der Waals surface area contributed by atoms with Crippen molar-refractivity contribution < 1.29 is 5.11 Å². The summed E-state index contributed by atoms with van der Waals surface area (Å²) in [5.74, 6) is 1.76. The maximum Gasteiger partial charge on any atom is 0.191 e. The third kappa shape index (κ3) is 6.51. The molecule has 1 rings (SSSR count). The number of hydrogen-bond acceptors (Lipinski definition) is 4. The smallest absolute Gasteiger partial charge is 0.191 e. The summed E-state index contributed by atoms with van der Waals surface area (Å²) in [7, 11) is 0. The molecule has 19 heavy (non-hydrogen) atoms. The van der Waals surface area contributed by atoms with Crippen LogP contribution in [0.4, 0.5) is 0 Å². The first-order chi connectivity index (χ1) is 9.17. The van der Waals surface area contributed by atoms with Crippen molar-refractivity contribution in [2.75, 3.05) is 31.6 Å². The monoisotopic (exact) mass is 321 g/mol. The van der Waals surface area contributed by atoms with Crippen molar-refractivity contribution in [3.8, 4) is 0 Å². The zero-order chi connectivity index (χ0) is 14.1. The van der Waals surface area contributed by atoms with E-state index >= 15 is 0 Å². The molecule has 4 nitrogen and oxygen atoms in total. The average molecular weight is 322 g/mol. The van der Waals surface area contributed by atoms with Gasteiger partial charge >= 0.3 is 0 Å². The van der Waals surface area contributed by atoms with E-state index < -0.39 is 6.10 Å². The van der Waals surface area contributed by atoms with E-state index in [4.69, 9.17) is 11.6 Å². The van der Waals surface area contributed by atoms with Gasteiger partial charge in [-0.2, -0.15) is 11.8 Å². The Hall–Kier alpha value is -0.430. The number of rotatable bonds is 7. The van der Waals surface area contributed by atoms with Gasteiger partial charge in [-0.05, 0) is 25.3 Å². The third-order valence-corrected chi connectivity index (χ3v) is 4.23. The summed E-state index contributed by atoms with van der Waals surface area (Å²) in [6, 6.07) is 3.62. The van der Waals surface area contributed by atoms with E-state index in [0.29, 0.717) is 10.9 Å². The molecule has 1 unspecified atom stereocenters. The van der Waals surface area contributed by atoms with E-state index in [9.17, 15) is 5.11 Å². The van der Waals surface area contributed by atoms with Gasteiger partial charge in [0, 0.05) is 23.7 Å². The van der Waals surface area contributed by atoms with Crippen LogP contribution in [0.2, 0.25) is 4.34 Å². The number of aliphatic hydroxyl groups excluding tert-OH is 1. The molecule has 0 aliphatic heterocycles. The standard InChI is InChI=1S/C12H20ClN3OS2/c1-3-14-12(15-6-7-18-2)16-8-9(17)10-4-5-11(13)19-10/h4-5,9,17H,3,6-8H2,1-2H3,(H2,14,15,16). The number of aliphatic hydroxyl groups is 1. The number of guanidine groups is 1. The van der Waals surface area contributed by atoms with Gasteiger partial charge in [-0.1, -0.05) is 11.6 Å². The number of nitrogens with zero attached hydrogens (tertiary/aromatic N) is 1. The van der Waals surface area contributed by atoms with Crippen LogP contribution in [0.5, 0.6) is 0 Å². The highest BCUT2D eigenvalue weighted by Gasteiger charge is 2.10. The van der Waals surface area contributed by atoms with Gasteiger partial charge in [-0.25, -0.2) is 0 Å². The molecule has 0 aliphatic rings. The summed E-state index contributed by atoms with van der Waals surface area (Å²) >= 11 is 9.01. The zero-order valence-electron chi connectivity index (χ0n) is 11.1. The van der Waals surface area contributed by atoms with Gasteiger partial charge in [-0.15, -0.1) is 11.3 Å². The zero-order valence-corrected chi connectivity index (χ0v) is 13.5. The van der Waals surface area contributed by atoms with Crippen LogP contribution in [0.1, 0.15) is 17.9 Å². The topological polar surface area (TPSA) is 56.7 Å². The Bertz CT molecular complexity index is 398. The van der Waals surface area contributed by atoms with Crippen LogP contribution in [0, 0.1) is 0 Å². The van der Waals surface area contributed by atoms with Crippen LogP contribution in [-0.2, 0) is 0 Å². The highest BCUT2D eigenvalue weighted by molar-refractivity contribution is 7.98. The molecule has 1 heterocycles. The van der Waals surface area contributed by atoms with Gasteiger partial charge in [0.25, 0.3) is 0 Å². The molecule has 0 fully saturated rings. The lowest BCUT2D eigenvalue weighted by molar-refractivity contribution is 0.191. The second-order valence-corrected chi connectivity index (χ2v) is 6.53. The first-order valence-electron chi connectivity index (χ1n) is 6.11. The number of halogens is 1. The molecule has 0 aliphatic carbocycles. The Morgan fingerprint density at radius 3 is 2.89 bits per heavy atom. The molecule has 0 spiro atoms. The van der Waals surface area contributed by atoms with Crippen molar-refractivity contribution in [1.29, 1.82) is 0 Å². The summed E-state index contributed by atoms with van der Waals surface area (Å²) in [5.41, 5.74) is 0. The molecule has 0 aromatic carbocycles. The van der Waals surface area contributed by atoms with E-state index in [2.05, 4.69) is 21.9 Å². The number of hydrogen-bond donors (Lipinski definition) is 3. The molecule has 3 N–H and O–H groups in total. The predicted molar refractivity (Wildman–Crippen MR) is 86.7 cm³/mol. The van der Waals surface area contributed by atoms with Crippen LogP contribution in [-0.4, -0.2) is 42.7 Å². The van der Waals surface area contributed by atoms with Gasteiger partial charge < -0.3 is 15.7 Å². The lowest BCUT2D eigenvalue weighted by Gasteiger charge is -2.12. The summed E-state index contributed by atoms with van der Waals surface area (Å²) in [6.45, 7) is 3.99. The molecular formula is C12H20ClN3OS2. The maximum atomic E-state index is 10.0. The van der Waals surface area contributed by atoms with E-state index in [1.807, 2.05) is 13.0 Å². The normalized spacial score (nSPS) is 13.4. The molecule has 0 saturated carbocycles. The maximum absolute atomic E-state index is 10.0. The van der Waals surface area contributed by atoms with E-state index in [0.717, 1.165) is 29.7 Å². The molecule has 0 saturated heterocycles. The minimum atomic E-state index is -0.603. The third-order valence-electron chi connectivity index (χ3n) is 2.29. The van der Waals surface area contributed by atoms with Crippen LogP contribution in [0.15, 0.2) is 17.1 Å². The lowest BCUT2D eigenvalue weighted by atomic mass is 10.3. The van der Waals surface area contributed by atoms with Crippen molar-refractivity contribution in [2.24, 2.45) is 4.99 Å². The van der Waals surface area contributed by atoms with Crippen LogP contribution in [0.25, 0.3) is 0 Å². The van der Waals surface area contributed by atoms with Crippen molar-refractivity contribution in [2.45, 2.75) is 13.0 Å². The molecule has 1 aromatic rings. The van der Waals surface area contributed by atoms with Gasteiger partial charge in [0.05, 0.1) is 10.9 Å². The summed E-state index contributed by atoms with van der Waals surface area (Å²) < 4.78 is 0.683. The highest BCUT2D eigenvalue weighted by atomic mass is 35.5. The Morgan fingerprint density at radius 2 is 2.32 bits per heavy atom. The van der Waals surface area contributed by atoms with E-state index in [-0.39, 0.29) is 0 Å².